The van der Waals surface area contributed by atoms with Gasteiger partial charge in [-0.3, -0.25) is 0 Å². The maximum absolute atomic E-state index is 13.2. The second-order valence-electron chi connectivity index (χ2n) is 11.4. The molecule has 2 aromatic carbocycles. The third-order valence-electron chi connectivity index (χ3n) is 7.10. The van der Waals surface area contributed by atoms with Crippen LogP contribution in [0.25, 0.3) is 5.69 Å². The molecule has 1 amide bonds. The quantitative estimate of drug-likeness (QED) is 0.474. The number of nitrogens with two attached hydrogens (primary N) is 1. The lowest BCUT2D eigenvalue weighted by Gasteiger charge is -2.37. The molecule has 36 heavy (non-hydrogen) atoms. The highest BCUT2D eigenvalue weighted by molar-refractivity contribution is 5.68. The monoisotopic (exact) mass is 489 g/mol. The molecule has 3 aromatic rings. The molecule has 2 heterocycles. The van der Waals surface area contributed by atoms with E-state index in [9.17, 15) is 4.79 Å². The molecule has 0 atom stereocenters. The highest BCUT2D eigenvalue weighted by atomic mass is 16.6. The Labute approximate surface area is 214 Å². The lowest BCUT2D eigenvalue weighted by Crippen LogP contribution is -2.43. The number of rotatable bonds is 7. The Morgan fingerprint density at radius 1 is 1.11 bits per heavy atom. The molecule has 0 aliphatic carbocycles. The molecule has 0 saturated carbocycles. The molecule has 7 nitrogen and oxygen atoms in total. The highest BCUT2D eigenvalue weighted by Gasteiger charge is 2.35. The van der Waals surface area contributed by atoms with Crippen molar-refractivity contribution in [2.45, 2.75) is 84.4 Å². The molecule has 1 aliphatic rings. The van der Waals surface area contributed by atoms with E-state index in [0.29, 0.717) is 32.0 Å². The van der Waals surface area contributed by atoms with E-state index >= 15 is 0 Å². The molecular weight excluding hydrogens is 450 g/mol. The summed E-state index contributed by atoms with van der Waals surface area (Å²) in [4.78, 5) is 15.0. The summed E-state index contributed by atoms with van der Waals surface area (Å²) in [5, 5.41) is 8.18. The molecule has 4 rings (SSSR count). The topological polar surface area (TPSA) is 86.3 Å². The number of aromatic nitrogens is 3. The van der Waals surface area contributed by atoms with E-state index in [1.807, 2.05) is 30.9 Å². The van der Waals surface area contributed by atoms with E-state index < -0.39 is 5.60 Å². The number of hydrogen-bond acceptors (Lipinski definition) is 5. The lowest BCUT2D eigenvalue weighted by atomic mass is 9.76. The Hall–Kier alpha value is -3.19. The number of carbonyl (C=O) groups is 1. The molecule has 0 fully saturated rings. The zero-order valence-corrected chi connectivity index (χ0v) is 22.4. The van der Waals surface area contributed by atoms with Crippen molar-refractivity contribution >= 4 is 6.09 Å². The summed E-state index contributed by atoms with van der Waals surface area (Å²) in [6, 6.07) is 14.9. The van der Waals surface area contributed by atoms with Crippen LogP contribution < -0.4 is 5.73 Å². The standard InChI is InChI=1S/C29H39N5O2/c1-20(2)21-10-11-23-18-33(13-12-22(23)14-21)27(35)36-29(5,6)19-28(3,4)24-8-7-9-25(15-24)34-26(16-30)17-31-32-34/h7-11,14-15,17,20H,12-13,16,18-19,30H2,1-6H3. The van der Waals surface area contributed by atoms with Crippen LogP contribution in [0.4, 0.5) is 4.79 Å². The lowest BCUT2D eigenvalue weighted by molar-refractivity contribution is -0.00456. The van der Waals surface area contributed by atoms with Crippen LogP contribution in [-0.4, -0.2) is 38.1 Å². The molecule has 2 N–H and O–H groups in total. The SMILES string of the molecule is CC(C)c1ccc2c(c1)CCN(C(=O)OC(C)(C)CC(C)(C)c1cccc(-n3nncc3CN)c1)C2. The van der Waals surface area contributed by atoms with Gasteiger partial charge < -0.3 is 15.4 Å². The summed E-state index contributed by atoms with van der Waals surface area (Å²) >= 11 is 0. The highest BCUT2D eigenvalue weighted by Crippen LogP contribution is 2.35. The fourth-order valence-electron chi connectivity index (χ4n) is 5.26. The number of amides is 1. The number of benzene rings is 2. The second-order valence-corrected chi connectivity index (χ2v) is 11.4. The maximum Gasteiger partial charge on any atom is 0.410 e. The molecule has 7 heteroatoms. The van der Waals surface area contributed by atoms with Crippen LogP contribution in [0.5, 0.6) is 0 Å². The molecule has 0 radical (unpaired) electrons. The number of fused-ring (bicyclic) bond motifs is 1. The summed E-state index contributed by atoms with van der Waals surface area (Å²) in [7, 11) is 0. The third kappa shape index (κ3) is 5.62. The van der Waals surface area contributed by atoms with Crippen molar-refractivity contribution in [1.29, 1.82) is 0 Å². The van der Waals surface area contributed by atoms with Crippen molar-refractivity contribution in [3.8, 4) is 5.69 Å². The molecule has 1 aliphatic heterocycles. The summed E-state index contributed by atoms with van der Waals surface area (Å²) < 4.78 is 7.86. The van der Waals surface area contributed by atoms with Gasteiger partial charge in [-0.05, 0) is 72.4 Å². The van der Waals surface area contributed by atoms with Crippen LogP contribution in [0.2, 0.25) is 0 Å². The van der Waals surface area contributed by atoms with Gasteiger partial charge in [0.15, 0.2) is 0 Å². The van der Waals surface area contributed by atoms with E-state index in [2.05, 4.69) is 68.3 Å². The predicted molar refractivity (Wildman–Crippen MR) is 142 cm³/mol. The van der Waals surface area contributed by atoms with Crippen molar-refractivity contribution < 1.29 is 9.53 Å². The first-order valence-corrected chi connectivity index (χ1v) is 12.8. The predicted octanol–water partition coefficient (Wildman–Crippen LogP) is 5.49. The molecule has 0 unspecified atom stereocenters. The Kier molecular flexibility index (Phi) is 7.23. The van der Waals surface area contributed by atoms with E-state index in [1.165, 1.54) is 16.7 Å². The zero-order chi connectivity index (χ0) is 26.1. The van der Waals surface area contributed by atoms with Gasteiger partial charge in [-0.1, -0.05) is 63.2 Å². The normalized spacial score (nSPS) is 14.2. The molecular formula is C29H39N5O2. The van der Waals surface area contributed by atoms with Crippen molar-refractivity contribution in [2.24, 2.45) is 5.73 Å². The van der Waals surface area contributed by atoms with Crippen molar-refractivity contribution in [3.63, 3.8) is 0 Å². The van der Waals surface area contributed by atoms with E-state index in [4.69, 9.17) is 10.5 Å². The van der Waals surface area contributed by atoms with Crippen LogP contribution in [0.15, 0.2) is 48.7 Å². The van der Waals surface area contributed by atoms with Crippen molar-refractivity contribution in [3.05, 3.63) is 76.6 Å². The van der Waals surface area contributed by atoms with E-state index in [1.54, 1.807) is 10.9 Å². The minimum absolute atomic E-state index is 0.245. The van der Waals surface area contributed by atoms with Gasteiger partial charge in [-0.2, -0.15) is 0 Å². The Morgan fingerprint density at radius 3 is 2.61 bits per heavy atom. The molecule has 0 bridgehead atoms. The first-order chi connectivity index (χ1) is 17.0. The minimum atomic E-state index is -0.645. The minimum Gasteiger partial charge on any atom is -0.443 e. The van der Waals surface area contributed by atoms with E-state index in [-0.39, 0.29) is 11.5 Å². The Morgan fingerprint density at radius 2 is 1.89 bits per heavy atom. The van der Waals surface area contributed by atoms with Gasteiger partial charge in [0.1, 0.15) is 5.60 Å². The summed E-state index contributed by atoms with van der Waals surface area (Å²) in [5.41, 5.74) is 11.8. The number of ether oxygens (including phenoxy) is 1. The summed E-state index contributed by atoms with van der Waals surface area (Å²) in [6.45, 7) is 14.4. The van der Waals surface area contributed by atoms with Gasteiger partial charge in [0.25, 0.3) is 0 Å². The fourth-order valence-corrected chi connectivity index (χ4v) is 5.26. The second kappa shape index (κ2) is 10.1. The largest absolute Gasteiger partial charge is 0.443 e. The summed E-state index contributed by atoms with van der Waals surface area (Å²) in [6.07, 6.45) is 2.95. The van der Waals surface area contributed by atoms with E-state index in [0.717, 1.165) is 23.4 Å². The summed E-state index contributed by atoms with van der Waals surface area (Å²) in [5.74, 6) is 0.502. The van der Waals surface area contributed by atoms with Crippen LogP contribution in [0.3, 0.4) is 0 Å². The molecule has 0 spiro atoms. The van der Waals surface area contributed by atoms with Gasteiger partial charge >= 0.3 is 6.09 Å². The van der Waals surface area contributed by atoms with Gasteiger partial charge in [0.2, 0.25) is 0 Å². The maximum atomic E-state index is 13.2. The van der Waals surface area contributed by atoms with Gasteiger partial charge in [-0.25, -0.2) is 9.48 Å². The first-order valence-electron chi connectivity index (χ1n) is 12.8. The molecule has 1 aromatic heterocycles. The van der Waals surface area contributed by atoms with Crippen molar-refractivity contribution in [1.82, 2.24) is 19.9 Å². The van der Waals surface area contributed by atoms with Crippen molar-refractivity contribution in [2.75, 3.05) is 6.54 Å². The average molecular weight is 490 g/mol. The van der Waals surface area contributed by atoms with Gasteiger partial charge in [-0.15, -0.1) is 5.10 Å². The third-order valence-corrected chi connectivity index (χ3v) is 7.10. The Bertz CT molecular complexity index is 1230. The van der Waals surface area contributed by atoms with Crippen LogP contribution >= 0.6 is 0 Å². The average Bonchev–Trinajstić information content (AvgIpc) is 3.31. The van der Waals surface area contributed by atoms with Crippen LogP contribution in [0.1, 0.15) is 81.8 Å². The zero-order valence-electron chi connectivity index (χ0n) is 22.4. The smallest absolute Gasteiger partial charge is 0.410 e. The van der Waals surface area contributed by atoms with Gasteiger partial charge in [0, 0.05) is 19.6 Å². The first kappa shape index (κ1) is 25.9. The van der Waals surface area contributed by atoms with Crippen LogP contribution in [-0.2, 0) is 29.7 Å². The van der Waals surface area contributed by atoms with Gasteiger partial charge in [0.05, 0.1) is 17.6 Å². The Balaban J connectivity index is 1.44. The molecule has 192 valence electrons. The number of hydrogen-bond donors (Lipinski definition) is 1. The number of carbonyl (C=O) groups excluding carboxylic acids is 1. The number of nitrogens with zero attached hydrogens (tertiary/aromatic N) is 4. The molecule has 0 saturated heterocycles. The fraction of sp³-hybridized carbons (Fsp3) is 0.483. The van der Waals surface area contributed by atoms with Crippen LogP contribution in [0, 0.1) is 0 Å².